The van der Waals surface area contributed by atoms with E-state index in [1.165, 1.54) is 0 Å². The molecule has 1 aliphatic heterocycles. The van der Waals surface area contributed by atoms with Crippen LogP contribution in [0.2, 0.25) is 0 Å². The number of aliphatic hydroxyl groups is 1. The van der Waals surface area contributed by atoms with E-state index >= 15 is 0 Å². The van der Waals surface area contributed by atoms with E-state index in [4.69, 9.17) is 5.26 Å². The second-order valence-corrected chi connectivity index (χ2v) is 4.95. The zero-order chi connectivity index (χ0) is 10.7. The maximum absolute atomic E-state index is 10.5. The Kier molecular flexibility index (Phi) is 2.99. The highest BCUT2D eigenvalue weighted by Gasteiger charge is 2.33. The quantitative estimate of drug-likeness (QED) is 0.788. The van der Waals surface area contributed by atoms with Crippen LogP contribution in [0.25, 0.3) is 0 Å². The Morgan fingerprint density at radius 2 is 2.20 bits per heavy atom. The summed E-state index contributed by atoms with van der Waals surface area (Å²) in [7, 11) is 0. The Hall–Kier alpha value is -0.980. The van der Waals surface area contributed by atoms with Crippen molar-refractivity contribution in [1.29, 1.82) is 5.26 Å². The molecule has 1 aliphatic rings. The Bertz CT molecular complexity index is 391. The lowest BCUT2D eigenvalue weighted by molar-refractivity contribution is 0.0493. The number of nitriles is 1. The standard InChI is InChI=1S/C12H13NOS/c13-8-10-4-1-2-5-11(10)12(14)6-3-7-15-9-12/h1-2,4-5,14H,3,6-7,9H2/t12-/m0/s1. The van der Waals surface area contributed by atoms with E-state index in [0.29, 0.717) is 11.3 Å². The first kappa shape index (κ1) is 10.5. The van der Waals surface area contributed by atoms with Gasteiger partial charge in [-0.1, -0.05) is 18.2 Å². The van der Waals surface area contributed by atoms with Crippen molar-refractivity contribution in [2.45, 2.75) is 18.4 Å². The van der Waals surface area contributed by atoms with E-state index in [9.17, 15) is 5.11 Å². The van der Waals surface area contributed by atoms with Gasteiger partial charge < -0.3 is 5.11 Å². The van der Waals surface area contributed by atoms with Crippen molar-refractivity contribution in [3.8, 4) is 6.07 Å². The molecule has 1 aromatic rings. The number of nitrogens with zero attached hydrogens (tertiary/aromatic N) is 1. The summed E-state index contributed by atoms with van der Waals surface area (Å²) in [4.78, 5) is 0. The highest BCUT2D eigenvalue weighted by Crippen LogP contribution is 2.36. The van der Waals surface area contributed by atoms with Gasteiger partial charge >= 0.3 is 0 Å². The highest BCUT2D eigenvalue weighted by molar-refractivity contribution is 7.99. The Morgan fingerprint density at radius 3 is 2.87 bits per heavy atom. The summed E-state index contributed by atoms with van der Waals surface area (Å²) in [6, 6.07) is 9.50. The summed E-state index contributed by atoms with van der Waals surface area (Å²) in [5.41, 5.74) is 0.595. The molecule has 0 spiro atoms. The molecule has 1 aromatic carbocycles. The third-order valence-corrected chi connectivity index (χ3v) is 4.03. The molecule has 78 valence electrons. The fourth-order valence-electron chi connectivity index (χ4n) is 1.98. The van der Waals surface area contributed by atoms with Crippen molar-refractivity contribution >= 4 is 11.8 Å². The van der Waals surface area contributed by atoms with Crippen LogP contribution in [0, 0.1) is 11.3 Å². The number of benzene rings is 1. The van der Waals surface area contributed by atoms with Crippen LogP contribution in [0.4, 0.5) is 0 Å². The van der Waals surface area contributed by atoms with Gasteiger partial charge in [-0.15, -0.1) is 0 Å². The molecule has 1 fully saturated rings. The van der Waals surface area contributed by atoms with Gasteiger partial charge in [0.2, 0.25) is 0 Å². The monoisotopic (exact) mass is 219 g/mol. The Morgan fingerprint density at radius 1 is 1.40 bits per heavy atom. The van der Waals surface area contributed by atoms with Crippen molar-refractivity contribution in [3.63, 3.8) is 0 Å². The minimum Gasteiger partial charge on any atom is -0.384 e. The summed E-state index contributed by atoms with van der Waals surface area (Å²) in [5.74, 6) is 1.81. The van der Waals surface area contributed by atoms with Crippen LogP contribution >= 0.6 is 11.8 Å². The van der Waals surface area contributed by atoms with Crippen LogP contribution in [0.1, 0.15) is 24.0 Å². The largest absolute Gasteiger partial charge is 0.384 e. The van der Waals surface area contributed by atoms with Crippen LogP contribution < -0.4 is 0 Å². The van der Waals surface area contributed by atoms with Crippen molar-refractivity contribution in [3.05, 3.63) is 35.4 Å². The number of thioether (sulfide) groups is 1. The van der Waals surface area contributed by atoms with Gasteiger partial charge in [-0.25, -0.2) is 0 Å². The molecule has 2 nitrogen and oxygen atoms in total. The topological polar surface area (TPSA) is 44.0 Å². The molecule has 0 bridgehead atoms. The van der Waals surface area contributed by atoms with Crippen LogP contribution in [-0.2, 0) is 5.60 Å². The number of hydrogen-bond acceptors (Lipinski definition) is 3. The molecule has 2 rings (SSSR count). The molecule has 3 heteroatoms. The fraction of sp³-hybridized carbons (Fsp3) is 0.417. The van der Waals surface area contributed by atoms with Gasteiger partial charge in [0.15, 0.2) is 0 Å². The summed E-state index contributed by atoms with van der Waals surface area (Å²) in [5, 5.41) is 19.5. The average Bonchev–Trinajstić information content (AvgIpc) is 2.30. The number of rotatable bonds is 1. The van der Waals surface area contributed by atoms with Crippen LogP contribution in [-0.4, -0.2) is 16.6 Å². The maximum atomic E-state index is 10.5. The smallest absolute Gasteiger partial charge is 0.0999 e. The van der Waals surface area contributed by atoms with E-state index in [0.717, 1.165) is 24.2 Å². The SMILES string of the molecule is N#Cc1ccccc1[C@]1(O)CCCSC1. The first-order valence-electron chi connectivity index (χ1n) is 5.06. The molecule has 0 saturated carbocycles. The van der Waals surface area contributed by atoms with E-state index in [1.54, 1.807) is 17.8 Å². The summed E-state index contributed by atoms with van der Waals surface area (Å²) >= 11 is 1.76. The van der Waals surface area contributed by atoms with Crippen molar-refractivity contribution in [1.82, 2.24) is 0 Å². The van der Waals surface area contributed by atoms with Crippen molar-refractivity contribution in [2.24, 2.45) is 0 Å². The first-order chi connectivity index (χ1) is 7.26. The van der Waals surface area contributed by atoms with E-state index in [2.05, 4.69) is 6.07 Å². The molecule has 0 unspecified atom stereocenters. The van der Waals surface area contributed by atoms with E-state index < -0.39 is 5.60 Å². The van der Waals surface area contributed by atoms with Gasteiger partial charge in [0, 0.05) is 11.3 Å². The summed E-state index contributed by atoms with van der Waals surface area (Å²) in [6.45, 7) is 0. The average molecular weight is 219 g/mol. The molecule has 1 saturated heterocycles. The highest BCUT2D eigenvalue weighted by atomic mass is 32.2. The molecule has 15 heavy (non-hydrogen) atoms. The van der Waals surface area contributed by atoms with Crippen LogP contribution in [0.5, 0.6) is 0 Å². The third-order valence-electron chi connectivity index (χ3n) is 2.77. The molecule has 0 amide bonds. The molecule has 1 heterocycles. The minimum absolute atomic E-state index is 0.600. The molecule has 0 aliphatic carbocycles. The second kappa shape index (κ2) is 4.26. The second-order valence-electron chi connectivity index (χ2n) is 3.85. The lowest BCUT2D eigenvalue weighted by atomic mass is 9.88. The lowest BCUT2D eigenvalue weighted by Gasteiger charge is -2.32. The Balaban J connectivity index is 2.39. The lowest BCUT2D eigenvalue weighted by Crippen LogP contribution is -2.32. The minimum atomic E-state index is -0.796. The molecule has 0 aromatic heterocycles. The normalized spacial score (nSPS) is 25.9. The fourth-order valence-corrected chi connectivity index (χ4v) is 3.11. The number of hydrogen-bond donors (Lipinski definition) is 1. The zero-order valence-electron chi connectivity index (χ0n) is 8.44. The Labute approximate surface area is 93.9 Å². The van der Waals surface area contributed by atoms with E-state index in [-0.39, 0.29) is 0 Å². The van der Waals surface area contributed by atoms with Gasteiger partial charge in [0.05, 0.1) is 17.2 Å². The van der Waals surface area contributed by atoms with Gasteiger partial charge in [-0.05, 0) is 24.7 Å². The summed E-state index contributed by atoms with van der Waals surface area (Å²) < 4.78 is 0. The predicted molar refractivity (Wildman–Crippen MR) is 61.6 cm³/mol. The maximum Gasteiger partial charge on any atom is 0.0999 e. The molecular formula is C12H13NOS. The predicted octanol–water partition coefficient (Wildman–Crippen LogP) is 2.27. The first-order valence-corrected chi connectivity index (χ1v) is 6.21. The molecular weight excluding hydrogens is 206 g/mol. The molecule has 1 N–H and O–H groups in total. The molecule has 1 atom stereocenters. The van der Waals surface area contributed by atoms with E-state index in [1.807, 2.05) is 18.2 Å². The molecule has 0 radical (unpaired) electrons. The zero-order valence-corrected chi connectivity index (χ0v) is 9.26. The van der Waals surface area contributed by atoms with Crippen molar-refractivity contribution < 1.29 is 5.11 Å². The van der Waals surface area contributed by atoms with Crippen LogP contribution in [0.3, 0.4) is 0 Å². The summed E-state index contributed by atoms with van der Waals surface area (Å²) in [6.07, 6.45) is 1.78. The van der Waals surface area contributed by atoms with Crippen molar-refractivity contribution in [2.75, 3.05) is 11.5 Å². The van der Waals surface area contributed by atoms with Gasteiger partial charge in [-0.2, -0.15) is 17.0 Å². The van der Waals surface area contributed by atoms with Gasteiger partial charge in [0.1, 0.15) is 0 Å². The third kappa shape index (κ3) is 2.01. The van der Waals surface area contributed by atoms with Gasteiger partial charge in [-0.3, -0.25) is 0 Å². The van der Waals surface area contributed by atoms with Crippen LogP contribution in [0.15, 0.2) is 24.3 Å². The van der Waals surface area contributed by atoms with Gasteiger partial charge in [0.25, 0.3) is 0 Å².